The number of nitrogens with zero attached hydrogens (tertiary/aromatic N) is 1. The molecule has 6 nitrogen and oxygen atoms in total. The zero-order valence-corrected chi connectivity index (χ0v) is 14.3. The largest absolute Gasteiger partial charge is 0.444 e. The molecule has 0 saturated carbocycles. The summed E-state index contributed by atoms with van der Waals surface area (Å²) in [5.41, 5.74) is 1.46. The molecule has 2 amide bonds. The maximum absolute atomic E-state index is 12.3. The fraction of sp³-hybridized carbons (Fsp3) is 0.750. The van der Waals surface area contributed by atoms with Crippen LogP contribution in [-0.2, 0) is 14.4 Å². The first-order valence-corrected chi connectivity index (χ1v) is 7.60. The van der Waals surface area contributed by atoms with Crippen molar-refractivity contribution in [1.82, 2.24) is 10.4 Å². The zero-order valence-electron chi connectivity index (χ0n) is 14.3. The summed E-state index contributed by atoms with van der Waals surface area (Å²) in [5, 5.41) is 0. The van der Waals surface area contributed by atoms with Crippen LogP contribution in [0.25, 0.3) is 0 Å². The van der Waals surface area contributed by atoms with Gasteiger partial charge in [-0.1, -0.05) is 6.08 Å². The van der Waals surface area contributed by atoms with E-state index in [2.05, 4.69) is 12.1 Å². The molecule has 0 aliphatic carbocycles. The van der Waals surface area contributed by atoms with Gasteiger partial charge in [0.1, 0.15) is 5.60 Å². The van der Waals surface area contributed by atoms with Crippen LogP contribution in [0.3, 0.4) is 0 Å². The maximum Gasteiger partial charge on any atom is 0.410 e. The van der Waals surface area contributed by atoms with Crippen LogP contribution in [-0.4, -0.2) is 41.2 Å². The van der Waals surface area contributed by atoms with Gasteiger partial charge >= 0.3 is 6.09 Å². The average Bonchev–Trinajstić information content (AvgIpc) is 2.35. The van der Waals surface area contributed by atoms with Crippen LogP contribution in [0, 0.1) is 5.92 Å². The van der Waals surface area contributed by atoms with Crippen molar-refractivity contribution in [2.45, 2.75) is 58.6 Å². The van der Waals surface area contributed by atoms with Crippen LogP contribution in [0.4, 0.5) is 4.79 Å². The molecule has 0 aromatic rings. The molecular weight excluding hydrogens is 284 g/mol. The number of hydrogen-bond acceptors (Lipinski definition) is 4. The first kappa shape index (κ1) is 18.5. The molecule has 1 atom stereocenters. The minimum absolute atomic E-state index is 0.154. The van der Waals surface area contributed by atoms with Crippen molar-refractivity contribution in [3.05, 3.63) is 12.7 Å². The third kappa shape index (κ3) is 5.33. The minimum Gasteiger partial charge on any atom is -0.444 e. The van der Waals surface area contributed by atoms with Gasteiger partial charge in [0.15, 0.2) is 0 Å². The Hall–Kier alpha value is -1.56. The fourth-order valence-electron chi connectivity index (χ4n) is 2.54. The predicted molar refractivity (Wildman–Crippen MR) is 84.0 cm³/mol. The van der Waals surface area contributed by atoms with Crippen molar-refractivity contribution in [3.63, 3.8) is 0 Å². The molecule has 0 radical (unpaired) electrons. The van der Waals surface area contributed by atoms with E-state index >= 15 is 0 Å². The van der Waals surface area contributed by atoms with Crippen LogP contribution >= 0.6 is 0 Å². The second kappa shape index (κ2) is 7.13. The van der Waals surface area contributed by atoms with Crippen LogP contribution in [0.15, 0.2) is 12.7 Å². The SMILES string of the molecule is C=CCONC(=O)C1CCN(C(=O)OC(C)(C)C)C(C)(C)C1. The van der Waals surface area contributed by atoms with Crippen molar-refractivity contribution in [1.29, 1.82) is 0 Å². The number of amides is 2. The Morgan fingerprint density at radius 2 is 2.05 bits per heavy atom. The number of hydrogen-bond donors (Lipinski definition) is 1. The number of carbonyl (C=O) groups excluding carboxylic acids is 2. The molecule has 1 aliphatic heterocycles. The molecule has 1 N–H and O–H groups in total. The maximum atomic E-state index is 12.3. The highest BCUT2D eigenvalue weighted by molar-refractivity contribution is 5.78. The summed E-state index contributed by atoms with van der Waals surface area (Å²) < 4.78 is 5.44. The highest BCUT2D eigenvalue weighted by Crippen LogP contribution is 2.32. The molecule has 1 heterocycles. The molecule has 0 aromatic carbocycles. The molecule has 22 heavy (non-hydrogen) atoms. The molecule has 0 bridgehead atoms. The summed E-state index contributed by atoms with van der Waals surface area (Å²) in [7, 11) is 0. The number of ether oxygens (including phenoxy) is 1. The monoisotopic (exact) mass is 312 g/mol. The summed E-state index contributed by atoms with van der Waals surface area (Å²) in [5.74, 6) is -0.336. The Balaban J connectivity index is 2.63. The molecule has 1 saturated heterocycles. The number of likely N-dealkylation sites (tertiary alicyclic amines) is 1. The normalized spacial score (nSPS) is 21.1. The minimum atomic E-state index is -0.528. The van der Waals surface area contributed by atoms with Gasteiger partial charge in [0.25, 0.3) is 0 Å². The third-order valence-electron chi connectivity index (χ3n) is 3.54. The van der Waals surface area contributed by atoms with Crippen molar-refractivity contribution in [2.75, 3.05) is 13.2 Å². The first-order valence-electron chi connectivity index (χ1n) is 7.60. The molecule has 126 valence electrons. The van der Waals surface area contributed by atoms with Crippen LogP contribution in [0.5, 0.6) is 0 Å². The molecular formula is C16H28N2O4. The van der Waals surface area contributed by atoms with Crippen molar-refractivity contribution >= 4 is 12.0 Å². The number of rotatable bonds is 4. The van der Waals surface area contributed by atoms with Crippen molar-refractivity contribution in [3.8, 4) is 0 Å². The van der Waals surface area contributed by atoms with Gasteiger partial charge in [0.05, 0.1) is 6.61 Å². The van der Waals surface area contributed by atoms with E-state index in [1.807, 2.05) is 34.6 Å². The van der Waals surface area contributed by atoms with Gasteiger partial charge in [-0.25, -0.2) is 10.3 Å². The molecule has 0 aromatic heterocycles. The van der Waals surface area contributed by atoms with Crippen LogP contribution in [0.2, 0.25) is 0 Å². The quantitative estimate of drug-likeness (QED) is 0.492. The van der Waals surface area contributed by atoms with E-state index in [0.29, 0.717) is 19.4 Å². The highest BCUT2D eigenvalue weighted by atomic mass is 16.6. The van der Waals surface area contributed by atoms with Crippen LogP contribution in [0.1, 0.15) is 47.5 Å². The Morgan fingerprint density at radius 3 is 2.55 bits per heavy atom. The van der Waals surface area contributed by atoms with Gasteiger partial charge in [0.2, 0.25) is 5.91 Å². The fourth-order valence-corrected chi connectivity index (χ4v) is 2.54. The van der Waals surface area contributed by atoms with Gasteiger partial charge in [-0.15, -0.1) is 6.58 Å². The van der Waals surface area contributed by atoms with E-state index < -0.39 is 11.1 Å². The lowest BCUT2D eigenvalue weighted by Crippen LogP contribution is -2.55. The number of piperidine rings is 1. The smallest absolute Gasteiger partial charge is 0.410 e. The summed E-state index contributed by atoms with van der Waals surface area (Å²) in [4.78, 5) is 31.0. The van der Waals surface area contributed by atoms with Crippen molar-refractivity contribution in [2.24, 2.45) is 5.92 Å². The van der Waals surface area contributed by atoms with E-state index in [0.717, 1.165) is 0 Å². The van der Waals surface area contributed by atoms with Crippen molar-refractivity contribution < 1.29 is 19.2 Å². The molecule has 1 unspecified atom stereocenters. The molecule has 1 rings (SSSR count). The van der Waals surface area contributed by atoms with E-state index in [4.69, 9.17) is 9.57 Å². The second-order valence-corrected chi connectivity index (χ2v) is 7.20. The Morgan fingerprint density at radius 1 is 1.41 bits per heavy atom. The summed E-state index contributed by atoms with van der Waals surface area (Å²) in [6.07, 6.45) is 2.39. The number of hydroxylamine groups is 1. The Labute approximate surface area is 132 Å². The lowest BCUT2D eigenvalue weighted by atomic mass is 9.82. The molecule has 1 aliphatic rings. The van der Waals surface area contributed by atoms with E-state index in [1.165, 1.54) is 0 Å². The number of nitrogens with one attached hydrogen (secondary N) is 1. The first-order chi connectivity index (χ1) is 10.1. The van der Waals surface area contributed by atoms with Gasteiger partial charge < -0.3 is 9.64 Å². The summed E-state index contributed by atoms with van der Waals surface area (Å²) in [6.45, 7) is 13.7. The van der Waals surface area contributed by atoms with Gasteiger partial charge in [-0.3, -0.25) is 9.63 Å². The number of carbonyl (C=O) groups is 2. The highest BCUT2D eigenvalue weighted by Gasteiger charge is 2.41. The standard InChI is InChI=1S/C16H28N2O4/c1-7-10-21-17-13(19)12-8-9-18(16(5,6)11-12)14(20)22-15(2,3)4/h7,12H,1,8-11H2,2-6H3,(H,17,19). The van der Waals surface area contributed by atoms with Gasteiger partial charge in [-0.2, -0.15) is 0 Å². The van der Waals surface area contributed by atoms with E-state index in [1.54, 1.807) is 11.0 Å². The summed E-state index contributed by atoms with van der Waals surface area (Å²) in [6, 6.07) is 0. The second-order valence-electron chi connectivity index (χ2n) is 7.20. The zero-order chi connectivity index (χ0) is 17.0. The Bertz CT molecular complexity index is 426. The Kier molecular flexibility index (Phi) is 6.00. The van der Waals surface area contributed by atoms with E-state index in [9.17, 15) is 9.59 Å². The summed E-state index contributed by atoms with van der Waals surface area (Å²) >= 11 is 0. The van der Waals surface area contributed by atoms with Gasteiger partial charge in [-0.05, 0) is 47.5 Å². The third-order valence-corrected chi connectivity index (χ3v) is 3.54. The molecule has 1 fully saturated rings. The lowest BCUT2D eigenvalue weighted by molar-refractivity contribution is -0.140. The lowest BCUT2D eigenvalue weighted by Gasteiger charge is -2.45. The predicted octanol–water partition coefficient (Wildman–Crippen LogP) is 2.65. The average molecular weight is 312 g/mol. The van der Waals surface area contributed by atoms with Gasteiger partial charge in [0, 0.05) is 18.0 Å². The van der Waals surface area contributed by atoms with Crippen LogP contribution < -0.4 is 5.48 Å². The molecule has 6 heteroatoms. The molecule has 0 spiro atoms. The van der Waals surface area contributed by atoms with E-state index in [-0.39, 0.29) is 24.5 Å². The topological polar surface area (TPSA) is 67.9 Å².